The molecule has 0 spiro atoms. The molecule has 1 fully saturated rings. The Balaban J connectivity index is 1.38. The lowest BCUT2D eigenvalue weighted by Crippen LogP contribution is -2.38. The smallest absolute Gasteiger partial charge is 0.437 e. The number of ether oxygens (including phenoxy) is 1. The normalized spacial score (nSPS) is 13.4. The summed E-state index contributed by atoms with van der Waals surface area (Å²) in [6, 6.07) is 8.91. The van der Waals surface area contributed by atoms with Crippen LogP contribution in [0, 0.1) is 5.92 Å². The number of nitrogens with zero attached hydrogens (tertiary/aromatic N) is 5. The summed E-state index contributed by atoms with van der Waals surface area (Å²) >= 11 is 0. The van der Waals surface area contributed by atoms with Crippen LogP contribution in [0.5, 0.6) is 0 Å². The van der Waals surface area contributed by atoms with Gasteiger partial charge in [0, 0.05) is 23.9 Å². The second-order valence-corrected chi connectivity index (χ2v) is 11.0. The zero-order valence-corrected chi connectivity index (χ0v) is 23.4. The summed E-state index contributed by atoms with van der Waals surface area (Å²) < 4.78 is 53.3. The van der Waals surface area contributed by atoms with Crippen LogP contribution in [-0.2, 0) is 10.9 Å². The lowest BCUT2D eigenvalue weighted by Gasteiger charge is -2.27. The number of carbonyl (C=O) groups is 3. The standard InChI is InChI=1S/C29H27F3N6O5/c1-28(2,3)43-27(41)37(13-17-7-8-17)23-12-19(9-10-33-23)26-35-22(16-42-26)25(40)34-21-14-38(36-24(21)29(30,31)32)20-6-4-5-18(11-20)15-39/h4-6,9-12,14-17H,7-8,13H2,1-3H3,(H,34,40). The Morgan fingerprint density at radius 1 is 1.19 bits per heavy atom. The number of hydrogen-bond acceptors (Lipinski definition) is 8. The molecule has 0 atom stereocenters. The van der Waals surface area contributed by atoms with E-state index >= 15 is 0 Å². The number of benzene rings is 1. The summed E-state index contributed by atoms with van der Waals surface area (Å²) in [5.41, 5.74) is -2.15. The summed E-state index contributed by atoms with van der Waals surface area (Å²) in [4.78, 5) is 46.9. The van der Waals surface area contributed by atoms with Gasteiger partial charge in [-0.05, 0) is 63.8 Å². The fourth-order valence-electron chi connectivity index (χ4n) is 4.08. The topological polar surface area (TPSA) is 132 Å². The average molecular weight is 597 g/mol. The number of hydrogen-bond donors (Lipinski definition) is 1. The minimum Gasteiger partial charge on any atom is -0.444 e. The molecule has 4 aromatic rings. The fraction of sp³-hybridized carbons (Fsp3) is 0.310. The minimum atomic E-state index is -4.89. The average Bonchev–Trinajstić information content (AvgIpc) is 3.44. The number of carbonyl (C=O) groups excluding carboxylic acids is 3. The highest BCUT2D eigenvalue weighted by molar-refractivity contribution is 6.03. The molecule has 11 nitrogen and oxygen atoms in total. The van der Waals surface area contributed by atoms with E-state index in [0.717, 1.165) is 30.0 Å². The third-order valence-electron chi connectivity index (χ3n) is 6.26. The first-order valence-corrected chi connectivity index (χ1v) is 13.3. The fourth-order valence-corrected chi connectivity index (χ4v) is 4.08. The molecule has 3 aromatic heterocycles. The van der Waals surface area contributed by atoms with E-state index in [1.54, 1.807) is 32.9 Å². The molecule has 1 aromatic carbocycles. The Hall–Kier alpha value is -5.01. The number of amides is 2. The quantitative estimate of drug-likeness (QED) is 0.239. The van der Waals surface area contributed by atoms with Crippen LogP contribution in [0.3, 0.4) is 0 Å². The third-order valence-corrected chi connectivity index (χ3v) is 6.26. The molecule has 224 valence electrons. The molecule has 0 unspecified atom stereocenters. The van der Waals surface area contributed by atoms with E-state index in [4.69, 9.17) is 9.15 Å². The van der Waals surface area contributed by atoms with E-state index in [9.17, 15) is 27.6 Å². The number of nitrogens with one attached hydrogen (secondary N) is 1. The Morgan fingerprint density at radius 3 is 2.63 bits per heavy atom. The predicted molar refractivity (Wildman–Crippen MR) is 148 cm³/mol. The van der Waals surface area contributed by atoms with E-state index in [0.29, 0.717) is 30.1 Å². The zero-order chi connectivity index (χ0) is 30.9. The van der Waals surface area contributed by atoms with Gasteiger partial charge < -0.3 is 14.5 Å². The zero-order valence-electron chi connectivity index (χ0n) is 23.4. The van der Waals surface area contributed by atoms with Gasteiger partial charge in [0.25, 0.3) is 5.91 Å². The highest BCUT2D eigenvalue weighted by Gasteiger charge is 2.38. The van der Waals surface area contributed by atoms with Gasteiger partial charge in [-0.25, -0.2) is 19.4 Å². The number of pyridine rings is 1. The molecular weight excluding hydrogens is 569 g/mol. The van der Waals surface area contributed by atoms with Crippen molar-refractivity contribution >= 4 is 29.8 Å². The van der Waals surface area contributed by atoms with Crippen LogP contribution in [0.25, 0.3) is 17.1 Å². The van der Waals surface area contributed by atoms with E-state index in [2.05, 4.69) is 20.4 Å². The molecule has 2 amide bonds. The minimum absolute atomic E-state index is 0.0122. The predicted octanol–water partition coefficient (Wildman–Crippen LogP) is 6.16. The Bertz CT molecular complexity index is 1670. The van der Waals surface area contributed by atoms with Gasteiger partial charge in [0.15, 0.2) is 11.4 Å². The first kappa shape index (κ1) is 29.5. The third kappa shape index (κ3) is 7.08. The number of halogens is 3. The van der Waals surface area contributed by atoms with Gasteiger partial charge in [0.1, 0.15) is 24.0 Å². The largest absolute Gasteiger partial charge is 0.444 e. The van der Waals surface area contributed by atoms with Crippen molar-refractivity contribution in [2.24, 2.45) is 5.92 Å². The van der Waals surface area contributed by atoms with Gasteiger partial charge in [0.05, 0.1) is 17.6 Å². The van der Waals surface area contributed by atoms with Crippen molar-refractivity contribution < 1.29 is 36.7 Å². The number of anilines is 2. The Labute approximate surface area is 243 Å². The molecular formula is C29H27F3N6O5. The molecule has 3 heterocycles. The van der Waals surface area contributed by atoms with Crippen LogP contribution >= 0.6 is 0 Å². The van der Waals surface area contributed by atoms with E-state index in [-0.39, 0.29) is 22.8 Å². The molecule has 5 rings (SSSR count). The number of aldehydes is 1. The highest BCUT2D eigenvalue weighted by Crippen LogP contribution is 2.35. The molecule has 14 heteroatoms. The first-order valence-electron chi connectivity index (χ1n) is 13.3. The summed E-state index contributed by atoms with van der Waals surface area (Å²) in [6.07, 6.45) is 0.514. The summed E-state index contributed by atoms with van der Waals surface area (Å²) in [7, 11) is 0. The second-order valence-electron chi connectivity index (χ2n) is 11.0. The van der Waals surface area contributed by atoms with Crippen LogP contribution in [0.4, 0.5) is 29.5 Å². The van der Waals surface area contributed by atoms with Crippen LogP contribution in [0.2, 0.25) is 0 Å². The van der Waals surface area contributed by atoms with Gasteiger partial charge in [-0.15, -0.1) is 0 Å². The highest BCUT2D eigenvalue weighted by atomic mass is 19.4. The monoisotopic (exact) mass is 596 g/mol. The number of alkyl halides is 3. The van der Waals surface area contributed by atoms with Crippen molar-refractivity contribution in [2.45, 2.75) is 45.4 Å². The second kappa shape index (κ2) is 11.3. The maximum absolute atomic E-state index is 13.8. The Morgan fingerprint density at radius 2 is 1.95 bits per heavy atom. The lowest BCUT2D eigenvalue weighted by molar-refractivity contribution is -0.140. The van der Waals surface area contributed by atoms with Gasteiger partial charge in [0.2, 0.25) is 5.89 Å². The van der Waals surface area contributed by atoms with Gasteiger partial charge >= 0.3 is 12.3 Å². The maximum atomic E-state index is 13.8. The molecule has 43 heavy (non-hydrogen) atoms. The molecule has 1 aliphatic rings. The maximum Gasteiger partial charge on any atom is 0.437 e. The first-order chi connectivity index (χ1) is 20.3. The molecule has 0 saturated heterocycles. The van der Waals surface area contributed by atoms with Gasteiger partial charge in [-0.1, -0.05) is 12.1 Å². The number of oxazole rings is 1. The van der Waals surface area contributed by atoms with Crippen molar-refractivity contribution in [1.82, 2.24) is 19.7 Å². The SMILES string of the molecule is CC(C)(C)OC(=O)N(CC1CC1)c1cc(-c2nc(C(=O)Nc3cn(-c4cccc(C=O)c4)nc3C(F)(F)F)co2)ccn1. The van der Waals surface area contributed by atoms with Gasteiger partial charge in [-0.3, -0.25) is 14.5 Å². The summed E-state index contributed by atoms with van der Waals surface area (Å²) in [5, 5.41) is 5.78. The number of aromatic nitrogens is 4. The lowest BCUT2D eigenvalue weighted by atomic mass is 10.2. The van der Waals surface area contributed by atoms with Crippen molar-refractivity contribution in [3.8, 4) is 17.1 Å². The van der Waals surface area contributed by atoms with Crippen molar-refractivity contribution in [2.75, 3.05) is 16.8 Å². The van der Waals surface area contributed by atoms with Crippen LogP contribution in [-0.4, -0.2) is 50.2 Å². The molecule has 1 aliphatic carbocycles. The summed E-state index contributed by atoms with van der Waals surface area (Å²) in [5.74, 6) is -0.361. The molecule has 1 N–H and O–H groups in total. The van der Waals surface area contributed by atoms with Crippen molar-refractivity contribution in [3.05, 3.63) is 72.0 Å². The molecule has 0 radical (unpaired) electrons. The van der Waals surface area contributed by atoms with Crippen LogP contribution < -0.4 is 10.2 Å². The molecule has 1 saturated carbocycles. The molecule has 0 bridgehead atoms. The van der Waals surface area contributed by atoms with E-state index in [1.807, 2.05) is 0 Å². The van der Waals surface area contributed by atoms with Gasteiger partial charge in [-0.2, -0.15) is 18.3 Å². The molecule has 0 aliphatic heterocycles. The summed E-state index contributed by atoms with van der Waals surface area (Å²) in [6.45, 7) is 5.70. The van der Waals surface area contributed by atoms with Crippen LogP contribution in [0.15, 0.2) is 59.5 Å². The van der Waals surface area contributed by atoms with Crippen molar-refractivity contribution in [1.29, 1.82) is 0 Å². The van der Waals surface area contributed by atoms with Crippen LogP contribution in [0.1, 0.15) is 60.2 Å². The number of rotatable bonds is 8. The van der Waals surface area contributed by atoms with Crippen molar-refractivity contribution in [3.63, 3.8) is 0 Å². The Kier molecular flexibility index (Phi) is 7.78. The van der Waals surface area contributed by atoms with E-state index < -0.39 is 35.2 Å². The van der Waals surface area contributed by atoms with E-state index in [1.165, 1.54) is 35.4 Å².